The van der Waals surface area contributed by atoms with Gasteiger partial charge in [-0.1, -0.05) is 28.4 Å². The van der Waals surface area contributed by atoms with Crippen LogP contribution in [0.15, 0.2) is 42.9 Å². The van der Waals surface area contributed by atoms with Crippen LogP contribution >= 0.6 is 23.2 Å². The number of hydrogen-bond donors (Lipinski definition) is 2. The molecule has 2 aromatic carbocycles. The molecule has 40 heavy (non-hydrogen) atoms. The summed E-state index contributed by atoms with van der Waals surface area (Å²) in [5.74, 6) is -3.11. The smallest absolute Gasteiger partial charge is 0.404 e. The molecule has 4 atom stereocenters. The van der Waals surface area contributed by atoms with Crippen LogP contribution < -0.4 is 4.74 Å². The van der Waals surface area contributed by atoms with Gasteiger partial charge in [0.15, 0.2) is 23.2 Å². The summed E-state index contributed by atoms with van der Waals surface area (Å²) < 4.78 is 79.9. The average molecular weight is 607 g/mol. The van der Waals surface area contributed by atoms with Gasteiger partial charge in [0.2, 0.25) is 0 Å². The molecule has 1 aliphatic heterocycles. The van der Waals surface area contributed by atoms with E-state index in [2.05, 4.69) is 25.2 Å². The Balaban J connectivity index is 1.50. The van der Waals surface area contributed by atoms with Crippen molar-refractivity contribution in [2.75, 3.05) is 6.61 Å². The molecule has 1 saturated heterocycles. The first-order valence-electron chi connectivity index (χ1n) is 11.4. The van der Waals surface area contributed by atoms with E-state index >= 15 is 0 Å². The molecule has 1 aliphatic rings. The second-order valence-electron chi connectivity index (χ2n) is 8.67. The lowest BCUT2D eigenvalue weighted by molar-refractivity contribution is -0.274. The Kier molecular flexibility index (Phi) is 7.67. The lowest BCUT2D eigenvalue weighted by Crippen LogP contribution is -2.45. The summed E-state index contributed by atoms with van der Waals surface area (Å²) in [5, 5.41) is 36.0. The van der Waals surface area contributed by atoms with Gasteiger partial charge in [0.05, 0.1) is 29.6 Å². The standard InChI is InChI=1S/C23H17Cl2F5N6O4/c24-10-1-4-16(40-23(28,29)30)14(5-10)35-9-31-33-22(35)17-6-15(21(38)18(8-37)39-17)36-7-13(32-34-36)11-2-3-12(25)20(27)19(11)26/h1-5,7,9,15,17-18,21,37-38H,6,8H2. The van der Waals surface area contributed by atoms with Crippen molar-refractivity contribution in [2.24, 2.45) is 0 Å². The highest BCUT2D eigenvalue weighted by atomic mass is 35.5. The van der Waals surface area contributed by atoms with E-state index in [0.29, 0.717) is 0 Å². The molecule has 0 radical (unpaired) electrons. The molecule has 212 valence electrons. The number of aliphatic hydroxyl groups excluding tert-OH is 2. The SMILES string of the molecule is OCC1OC(c2nncn2-c2cc(Cl)ccc2OC(F)(F)F)CC(n2cc(-c3ccc(Cl)c(F)c3F)nn2)C1O. The van der Waals surface area contributed by atoms with Gasteiger partial charge in [-0.15, -0.1) is 28.5 Å². The van der Waals surface area contributed by atoms with Gasteiger partial charge in [0.1, 0.15) is 30.3 Å². The monoisotopic (exact) mass is 606 g/mol. The van der Waals surface area contributed by atoms with Crippen LogP contribution in [0.3, 0.4) is 0 Å². The van der Waals surface area contributed by atoms with E-state index < -0.39 is 59.7 Å². The van der Waals surface area contributed by atoms with E-state index in [0.717, 1.165) is 18.5 Å². The van der Waals surface area contributed by atoms with Crippen LogP contribution in [-0.4, -0.2) is 65.1 Å². The molecule has 5 rings (SSSR count). The van der Waals surface area contributed by atoms with Crippen LogP contribution in [0, 0.1) is 11.6 Å². The number of aliphatic hydroxyl groups is 2. The molecule has 1 fully saturated rings. The highest BCUT2D eigenvalue weighted by molar-refractivity contribution is 6.31. The molecule has 2 aromatic heterocycles. The average Bonchev–Trinajstić information content (AvgIpc) is 3.58. The lowest BCUT2D eigenvalue weighted by atomic mass is 9.95. The Labute approximate surface area is 231 Å². The van der Waals surface area contributed by atoms with E-state index in [1.807, 2.05) is 0 Å². The van der Waals surface area contributed by atoms with Crippen LogP contribution in [0.25, 0.3) is 16.9 Å². The van der Waals surface area contributed by atoms with E-state index in [-0.39, 0.29) is 34.2 Å². The van der Waals surface area contributed by atoms with Crippen molar-refractivity contribution in [1.29, 1.82) is 0 Å². The Morgan fingerprint density at radius 3 is 2.60 bits per heavy atom. The second kappa shape index (κ2) is 10.9. The molecule has 0 spiro atoms. The Morgan fingerprint density at radius 1 is 1.10 bits per heavy atom. The van der Waals surface area contributed by atoms with Gasteiger partial charge in [-0.05, 0) is 30.3 Å². The normalized spacial score (nSPS) is 21.5. The number of nitrogens with zero attached hydrogens (tertiary/aromatic N) is 6. The summed E-state index contributed by atoms with van der Waals surface area (Å²) in [7, 11) is 0. The third kappa shape index (κ3) is 5.47. The summed E-state index contributed by atoms with van der Waals surface area (Å²) in [6.45, 7) is -0.652. The van der Waals surface area contributed by atoms with Gasteiger partial charge in [0, 0.05) is 17.0 Å². The Bertz CT molecular complexity index is 1530. The molecule has 4 unspecified atom stereocenters. The maximum atomic E-state index is 14.5. The zero-order valence-corrected chi connectivity index (χ0v) is 21.3. The molecule has 4 aromatic rings. The van der Waals surface area contributed by atoms with E-state index in [1.165, 1.54) is 33.6 Å². The number of halogens is 7. The third-order valence-corrected chi connectivity index (χ3v) is 6.71. The van der Waals surface area contributed by atoms with Crippen molar-refractivity contribution in [3.63, 3.8) is 0 Å². The van der Waals surface area contributed by atoms with Crippen LogP contribution in [0.1, 0.15) is 24.4 Å². The fraction of sp³-hybridized carbons (Fsp3) is 0.304. The van der Waals surface area contributed by atoms with Crippen molar-refractivity contribution in [3.05, 3.63) is 70.4 Å². The molecule has 0 bridgehead atoms. The van der Waals surface area contributed by atoms with E-state index in [9.17, 15) is 32.2 Å². The van der Waals surface area contributed by atoms with Crippen molar-refractivity contribution in [1.82, 2.24) is 29.8 Å². The summed E-state index contributed by atoms with van der Waals surface area (Å²) in [6, 6.07) is 4.84. The first-order chi connectivity index (χ1) is 19.0. The van der Waals surface area contributed by atoms with Crippen LogP contribution in [0.2, 0.25) is 10.0 Å². The van der Waals surface area contributed by atoms with Gasteiger partial charge in [-0.25, -0.2) is 13.5 Å². The molecule has 17 heteroatoms. The van der Waals surface area contributed by atoms with E-state index in [1.54, 1.807) is 0 Å². The maximum Gasteiger partial charge on any atom is 0.573 e. The molecular formula is C23H17Cl2F5N6O4. The zero-order chi connectivity index (χ0) is 28.8. The number of benzene rings is 2. The van der Waals surface area contributed by atoms with Gasteiger partial charge in [-0.3, -0.25) is 4.57 Å². The lowest BCUT2D eigenvalue weighted by Gasteiger charge is -2.38. The summed E-state index contributed by atoms with van der Waals surface area (Å²) in [4.78, 5) is 0. The first-order valence-corrected chi connectivity index (χ1v) is 12.2. The van der Waals surface area contributed by atoms with Crippen molar-refractivity contribution in [2.45, 2.75) is 37.1 Å². The first kappa shape index (κ1) is 28.2. The topological polar surface area (TPSA) is 120 Å². The molecular weight excluding hydrogens is 590 g/mol. The van der Waals surface area contributed by atoms with Gasteiger partial charge < -0.3 is 19.7 Å². The number of alkyl halides is 3. The van der Waals surface area contributed by atoms with Crippen LogP contribution in [-0.2, 0) is 4.74 Å². The summed E-state index contributed by atoms with van der Waals surface area (Å²) >= 11 is 11.6. The molecule has 0 saturated carbocycles. The molecule has 2 N–H and O–H groups in total. The fourth-order valence-corrected chi connectivity index (χ4v) is 4.67. The fourth-order valence-electron chi connectivity index (χ4n) is 4.36. The largest absolute Gasteiger partial charge is 0.573 e. The minimum absolute atomic E-state index is 0.00389. The van der Waals surface area contributed by atoms with Gasteiger partial charge in [0.25, 0.3) is 0 Å². The Hall–Kier alpha value is -3.37. The maximum absolute atomic E-state index is 14.5. The minimum Gasteiger partial charge on any atom is -0.404 e. The summed E-state index contributed by atoms with van der Waals surface area (Å²) in [5.41, 5.74) is -0.456. The number of aromatic nitrogens is 6. The summed E-state index contributed by atoms with van der Waals surface area (Å²) in [6.07, 6.45) is -6.33. The number of rotatable bonds is 6. The zero-order valence-electron chi connectivity index (χ0n) is 19.8. The van der Waals surface area contributed by atoms with Crippen molar-refractivity contribution in [3.8, 4) is 22.7 Å². The quantitative estimate of drug-likeness (QED) is 0.244. The molecule has 0 amide bonds. The molecule has 10 nitrogen and oxygen atoms in total. The van der Waals surface area contributed by atoms with Crippen LogP contribution in [0.4, 0.5) is 22.0 Å². The predicted molar refractivity (Wildman–Crippen MR) is 128 cm³/mol. The Morgan fingerprint density at radius 2 is 1.88 bits per heavy atom. The molecule has 0 aliphatic carbocycles. The van der Waals surface area contributed by atoms with Crippen molar-refractivity contribution < 1.29 is 41.6 Å². The number of hydrogen-bond acceptors (Lipinski definition) is 8. The van der Waals surface area contributed by atoms with Crippen molar-refractivity contribution >= 4 is 23.2 Å². The van der Waals surface area contributed by atoms with Gasteiger partial charge >= 0.3 is 6.36 Å². The van der Waals surface area contributed by atoms with Gasteiger partial charge in [-0.2, -0.15) is 0 Å². The predicted octanol–water partition coefficient (Wildman–Crippen LogP) is 4.43. The highest BCUT2D eigenvalue weighted by Gasteiger charge is 2.42. The number of ether oxygens (including phenoxy) is 2. The highest BCUT2D eigenvalue weighted by Crippen LogP contribution is 2.40. The minimum atomic E-state index is -5.01. The third-order valence-electron chi connectivity index (χ3n) is 6.18. The molecule has 3 heterocycles. The van der Waals surface area contributed by atoms with E-state index in [4.69, 9.17) is 27.9 Å². The second-order valence-corrected chi connectivity index (χ2v) is 9.51. The van der Waals surface area contributed by atoms with Crippen LogP contribution in [0.5, 0.6) is 5.75 Å².